The number of furan rings is 1. The molecule has 0 aliphatic carbocycles. The van der Waals surface area contributed by atoms with Gasteiger partial charge in [-0.3, -0.25) is 4.79 Å². The van der Waals surface area contributed by atoms with E-state index in [1.54, 1.807) is 6.92 Å². The summed E-state index contributed by atoms with van der Waals surface area (Å²) >= 11 is 0. The van der Waals surface area contributed by atoms with Gasteiger partial charge in [-0.2, -0.15) is 0 Å². The second-order valence-electron chi connectivity index (χ2n) is 5.55. The normalized spacial score (nSPS) is 11.5. The van der Waals surface area contributed by atoms with Crippen molar-refractivity contribution in [3.8, 4) is 5.88 Å². The summed E-state index contributed by atoms with van der Waals surface area (Å²) in [5, 5.41) is 8.24. The summed E-state index contributed by atoms with van der Waals surface area (Å²) in [7, 11) is -3.78. The van der Waals surface area contributed by atoms with Crippen LogP contribution in [0.4, 0.5) is 5.69 Å². The molecule has 2 heterocycles. The van der Waals surface area contributed by atoms with Crippen LogP contribution in [-0.2, 0) is 14.8 Å². The van der Waals surface area contributed by atoms with Gasteiger partial charge in [0.05, 0.1) is 4.90 Å². The molecule has 26 heavy (non-hydrogen) atoms. The molecule has 0 atom stereocenters. The Kier molecular flexibility index (Phi) is 4.62. The highest BCUT2D eigenvalue weighted by atomic mass is 32.2. The fraction of sp³-hybridized carbons (Fsp3) is 0.188. The minimum atomic E-state index is -3.78. The monoisotopic (exact) mass is 376 g/mol. The molecule has 1 amide bonds. The second kappa shape index (κ2) is 6.73. The van der Waals surface area contributed by atoms with Crippen LogP contribution in [0.2, 0.25) is 0 Å². The van der Waals surface area contributed by atoms with Gasteiger partial charge in [0, 0.05) is 11.3 Å². The van der Waals surface area contributed by atoms with E-state index in [-0.39, 0.29) is 17.4 Å². The van der Waals surface area contributed by atoms with E-state index in [2.05, 4.69) is 15.3 Å². The van der Waals surface area contributed by atoms with Gasteiger partial charge in [-0.05, 0) is 38.1 Å². The van der Waals surface area contributed by atoms with Gasteiger partial charge in [-0.1, -0.05) is 0 Å². The van der Waals surface area contributed by atoms with Gasteiger partial charge in [-0.25, -0.2) is 23.5 Å². The van der Waals surface area contributed by atoms with Crippen molar-refractivity contribution in [2.45, 2.75) is 18.7 Å². The van der Waals surface area contributed by atoms with Gasteiger partial charge in [0.2, 0.25) is 21.6 Å². The number of nitrogens with two attached hydrogens (primary N) is 1. The number of benzene rings is 1. The number of aromatic nitrogens is 2. The molecule has 0 saturated heterocycles. The Bertz CT molecular complexity index is 1070. The molecule has 0 spiro atoms. The molecule has 10 heteroatoms. The first-order valence-electron chi connectivity index (χ1n) is 7.52. The Balaban J connectivity index is 1.68. The van der Waals surface area contributed by atoms with E-state index >= 15 is 0 Å². The zero-order valence-corrected chi connectivity index (χ0v) is 14.8. The van der Waals surface area contributed by atoms with Crippen LogP contribution >= 0.6 is 0 Å². The summed E-state index contributed by atoms with van der Waals surface area (Å²) in [4.78, 5) is 20.1. The first kappa shape index (κ1) is 17.8. The van der Waals surface area contributed by atoms with Crippen molar-refractivity contribution in [1.29, 1.82) is 0 Å². The molecule has 1 aromatic carbocycles. The van der Waals surface area contributed by atoms with Gasteiger partial charge in [0.25, 0.3) is 5.91 Å². The lowest BCUT2D eigenvalue weighted by Crippen LogP contribution is -2.20. The van der Waals surface area contributed by atoms with Crippen LogP contribution < -0.4 is 15.2 Å². The highest BCUT2D eigenvalue weighted by molar-refractivity contribution is 7.89. The minimum absolute atomic E-state index is 0.0408. The number of primary sulfonamides is 1. The quantitative estimate of drug-likeness (QED) is 0.688. The van der Waals surface area contributed by atoms with Crippen LogP contribution in [0.3, 0.4) is 0 Å². The van der Waals surface area contributed by atoms with Crippen LogP contribution in [-0.4, -0.2) is 30.9 Å². The van der Waals surface area contributed by atoms with Crippen molar-refractivity contribution in [3.05, 3.63) is 41.9 Å². The van der Waals surface area contributed by atoms with Gasteiger partial charge in [0.15, 0.2) is 6.61 Å². The average Bonchev–Trinajstić information content (AvgIpc) is 2.88. The van der Waals surface area contributed by atoms with E-state index in [1.165, 1.54) is 30.6 Å². The third-order valence-corrected chi connectivity index (χ3v) is 4.67. The Morgan fingerprint density at radius 2 is 1.92 bits per heavy atom. The molecule has 2 aromatic heterocycles. The first-order chi connectivity index (χ1) is 12.3. The molecule has 9 nitrogen and oxygen atoms in total. The van der Waals surface area contributed by atoms with Crippen LogP contribution in [0.15, 0.2) is 39.9 Å². The molecular weight excluding hydrogens is 360 g/mol. The van der Waals surface area contributed by atoms with Crippen molar-refractivity contribution in [1.82, 2.24) is 9.97 Å². The molecule has 136 valence electrons. The maximum absolute atomic E-state index is 12.0. The van der Waals surface area contributed by atoms with E-state index < -0.39 is 15.9 Å². The molecule has 0 unspecified atom stereocenters. The molecule has 0 saturated carbocycles. The van der Waals surface area contributed by atoms with E-state index in [0.717, 1.165) is 5.56 Å². The molecule has 3 rings (SSSR count). The number of anilines is 1. The zero-order chi connectivity index (χ0) is 18.9. The number of hydrogen-bond acceptors (Lipinski definition) is 7. The maximum Gasteiger partial charge on any atom is 0.262 e. The van der Waals surface area contributed by atoms with E-state index in [9.17, 15) is 13.2 Å². The number of rotatable bonds is 5. The summed E-state index contributed by atoms with van der Waals surface area (Å²) in [6.45, 7) is 3.37. The summed E-state index contributed by atoms with van der Waals surface area (Å²) in [5.41, 5.74) is 1.65. The lowest BCUT2D eigenvalue weighted by Gasteiger charge is -2.08. The Morgan fingerprint density at radius 3 is 2.58 bits per heavy atom. The highest BCUT2D eigenvalue weighted by Gasteiger charge is 2.16. The van der Waals surface area contributed by atoms with E-state index in [0.29, 0.717) is 22.5 Å². The summed E-state index contributed by atoms with van der Waals surface area (Å²) < 4.78 is 33.4. The van der Waals surface area contributed by atoms with Gasteiger partial charge in [0.1, 0.15) is 17.5 Å². The first-order valence-corrected chi connectivity index (χ1v) is 9.06. The highest BCUT2D eigenvalue weighted by Crippen LogP contribution is 2.29. The topological polar surface area (TPSA) is 137 Å². The number of carbonyl (C=O) groups excluding carboxylic acids is 1. The molecular formula is C16H16N4O5S. The van der Waals surface area contributed by atoms with Crippen molar-refractivity contribution in [2.24, 2.45) is 5.14 Å². The molecule has 3 N–H and O–H groups in total. The van der Waals surface area contributed by atoms with Crippen LogP contribution in [0.25, 0.3) is 11.1 Å². The number of hydrogen-bond donors (Lipinski definition) is 2. The number of amides is 1. The predicted molar refractivity (Wildman–Crippen MR) is 93.2 cm³/mol. The van der Waals surface area contributed by atoms with Crippen molar-refractivity contribution >= 4 is 32.7 Å². The van der Waals surface area contributed by atoms with Crippen LogP contribution in [0.5, 0.6) is 5.88 Å². The maximum atomic E-state index is 12.0. The third kappa shape index (κ3) is 3.65. The smallest absolute Gasteiger partial charge is 0.262 e. The van der Waals surface area contributed by atoms with Crippen LogP contribution in [0, 0.1) is 13.8 Å². The molecule has 0 fully saturated rings. The third-order valence-electron chi connectivity index (χ3n) is 3.74. The Morgan fingerprint density at radius 1 is 1.23 bits per heavy atom. The van der Waals surface area contributed by atoms with Gasteiger partial charge in [-0.15, -0.1) is 0 Å². The molecule has 0 radical (unpaired) electrons. The fourth-order valence-electron chi connectivity index (χ4n) is 2.32. The minimum Gasteiger partial charge on any atom is -0.467 e. The van der Waals surface area contributed by atoms with E-state index in [1.807, 2.05) is 6.92 Å². The second-order valence-corrected chi connectivity index (χ2v) is 7.11. The Labute approximate surface area is 149 Å². The lowest BCUT2D eigenvalue weighted by molar-refractivity contribution is -0.118. The largest absolute Gasteiger partial charge is 0.467 e. The predicted octanol–water partition coefficient (Wildman–Crippen LogP) is 1.50. The molecule has 0 bridgehead atoms. The summed E-state index contributed by atoms with van der Waals surface area (Å²) in [6, 6.07) is 5.48. The van der Waals surface area contributed by atoms with Crippen molar-refractivity contribution < 1.29 is 22.4 Å². The Hall–Kier alpha value is -2.98. The average molecular weight is 376 g/mol. The number of nitrogens with zero attached hydrogens (tertiary/aromatic N) is 2. The number of fused-ring (bicyclic) bond motifs is 1. The van der Waals surface area contributed by atoms with Gasteiger partial charge >= 0.3 is 0 Å². The summed E-state index contributed by atoms with van der Waals surface area (Å²) in [6.07, 6.45) is 1.30. The lowest BCUT2D eigenvalue weighted by atomic mass is 10.2. The SMILES string of the molecule is Cc1oc2ncnc(OCC(=O)Nc3ccc(S(N)(=O)=O)cc3)c2c1C. The number of ether oxygens (including phenoxy) is 1. The molecule has 3 aromatic rings. The number of carbonyl (C=O) groups is 1. The summed E-state index contributed by atoms with van der Waals surface area (Å²) in [5.74, 6) is 0.520. The number of sulfonamides is 1. The standard InChI is InChI=1S/C16H16N4O5S/c1-9-10(2)25-16-14(9)15(18-8-19-16)24-7-13(21)20-11-3-5-12(6-4-11)26(17,22)23/h3-6,8H,7H2,1-2H3,(H,20,21)(H2,17,22,23). The fourth-order valence-corrected chi connectivity index (χ4v) is 2.83. The van der Waals surface area contributed by atoms with Crippen molar-refractivity contribution in [3.63, 3.8) is 0 Å². The van der Waals surface area contributed by atoms with Crippen molar-refractivity contribution in [2.75, 3.05) is 11.9 Å². The van der Waals surface area contributed by atoms with Crippen LogP contribution in [0.1, 0.15) is 11.3 Å². The molecule has 0 aliphatic heterocycles. The number of nitrogens with one attached hydrogen (secondary N) is 1. The van der Waals surface area contributed by atoms with E-state index in [4.69, 9.17) is 14.3 Å². The zero-order valence-electron chi connectivity index (χ0n) is 14.0. The number of aryl methyl sites for hydroxylation is 2. The van der Waals surface area contributed by atoms with Gasteiger partial charge < -0.3 is 14.5 Å². The molecule has 0 aliphatic rings.